The Kier molecular flexibility index (Phi) is 2.74. The Morgan fingerprint density at radius 2 is 1.77 bits per heavy atom. The molecule has 0 aromatic rings. The van der Waals surface area contributed by atoms with Crippen LogP contribution in [0.15, 0.2) is 23.3 Å². The zero-order valence-electron chi connectivity index (χ0n) is 13.3. The van der Waals surface area contributed by atoms with Gasteiger partial charge in [0.25, 0.3) is 5.78 Å². The SMILES string of the molecule is C[C@]12CC[C@H]3C(=C1C(=O)C(=O)C2=O)C=CC1CCCC[C@@]13C. The zero-order valence-corrected chi connectivity index (χ0v) is 13.3. The molecule has 2 fully saturated rings. The second-order valence-electron chi connectivity index (χ2n) is 7.96. The van der Waals surface area contributed by atoms with Crippen LogP contribution in [-0.2, 0) is 14.4 Å². The van der Waals surface area contributed by atoms with Crippen LogP contribution in [0.5, 0.6) is 0 Å². The molecule has 4 rings (SSSR count). The van der Waals surface area contributed by atoms with Gasteiger partial charge in [-0.3, -0.25) is 14.4 Å². The first-order valence-electron chi connectivity index (χ1n) is 8.46. The number of ketones is 3. The molecule has 0 aliphatic heterocycles. The number of hydrogen-bond donors (Lipinski definition) is 0. The number of rotatable bonds is 0. The number of carbonyl (C=O) groups excluding carboxylic acids is 3. The summed E-state index contributed by atoms with van der Waals surface area (Å²) in [5.41, 5.74) is 0.854. The summed E-state index contributed by atoms with van der Waals surface area (Å²) in [7, 11) is 0. The summed E-state index contributed by atoms with van der Waals surface area (Å²) in [6, 6.07) is 0. The van der Waals surface area contributed by atoms with Gasteiger partial charge in [-0.2, -0.15) is 0 Å². The summed E-state index contributed by atoms with van der Waals surface area (Å²) in [5, 5.41) is 0. The van der Waals surface area contributed by atoms with Gasteiger partial charge in [-0.25, -0.2) is 0 Å². The molecule has 0 aromatic heterocycles. The average molecular weight is 298 g/mol. The Balaban J connectivity index is 1.92. The minimum atomic E-state index is -0.859. The van der Waals surface area contributed by atoms with Crippen LogP contribution in [0.3, 0.4) is 0 Å². The fraction of sp³-hybridized carbons (Fsp3) is 0.632. The van der Waals surface area contributed by atoms with Gasteiger partial charge in [0.05, 0.1) is 5.41 Å². The third-order valence-electron chi connectivity index (χ3n) is 6.92. The quantitative estimate of drug-likeness (QED) is 0.645. The van der Waals surface area contributed by atoms with Crippen LogP contribution in [0.4, 0.5) is 0 Å². The first-order chi connectivity index (χ1) is 10.4. The van der Waals surface area contributed by atoms with Crippen LogP contribution < -0.4 is 0 Å². The van der Waals surface area contributed by atoms with E-state index in [4.69, 9.17) is 0 Å². The molecular formula is C19H22O3. The molecule has 0 heterocycles. The summed E-state index contributed by atoms with van der Waals surface area (Å²) in [6.07, 6.45) is 10.8. The van der Waals surface area contributed by atoms with Gasteiger partial charge in [-0.1, -0.05) is 31.9 Å². The molecule has 0 saturated heterocycles. The molecule has 1 unspecified atom stereocenters. The first-order valence-corrected chi connectivity index (χ1v) is 8.46. The smallest absolute Gasteiger partial charge is 0.269 e. The summed E-state index contributed by atoms with van der Waals surface area (Å²) < 4.78 is 0. The highest BCUT2D eigenvalue weighted by Crippen LogP contribution is 2.60. The second-order valence-corrected chi connectivity index (χ2v) is 7.96. The summed E-state index contributed by atoms with van der Waals surface area (Å²) in [4.78, 5) is 36.6. The van der Waals surface area contributed by atoms with Crippen LogP contribution in [-0.4, -0.2) is 17.3 Å². The second kappa shape index (κ2) is 4.27. The highest BCUT2D eigenvalue weighted by atomic mass is 16.2. The van der Waals surface area contributed by atoms with E-state index in [0.717, 1.165) is 12.0 Å². The van der Waals surface area contributed by atoms with E-state index in [2.05, 4.69) is 19.1 Å². The molecular weight excluding hydrogens is 276 g/mol. The largest absolute Gasteiger partial charge is 0.289 e. The van der Waals surface area contributed by atoms with Crippen molar-refractivity contribution in [3.05, 3.63) is 23.3 Å². The van der Waals surface area contributed by atoms with Crippen LogP contribution >= 0.6 is 0 Å². The van der Waals surface area contributed by atoms with Crippen molar-refractivity contribution in [3.63, 3.8) is 0 Å². The van der Waals surface area contributed by atoms with Crippen molar-refractivity contribution in [2.75, 3.05) is 0 Å². The Morgan fingerprint density at radius 1 is 1.00 bits per heavy atom. The molecule has 0 aromatic carbocycles. The Hall–Kier alpha value is -1.51. The minimum Gasteiger partial charge on any atom is -0.289 e. The lowest BCUT2D eigenvalue weighted by molar-refractivity contribution is -0.141. The number of hydrogen-bond acceptors (Lipinski definition) is 3. The van der Waals surface area contributed by atoms with Gasteiger partial charge in [0.15, 0.2) is 0 Å². The van der Waals surface area contributed by atoms with E-state index in [-0.39, 0.29) is 5.41 Å². The molecule has 0 N–H and O–H groups in total. The molecule has 116 valence electrons. The summed E-state index contributed by atoms with van der Waals surface area (Å²) in [6.45, 7) is 4.14. The van der Waals surface area contributed by atoms with Gasteiger partial charge in [0.1, 0.15) is 0 Å². The van der Waals surface area contributed by atoms with Crippen LogP contribution in [0.2, 0.25) is 0 Å². The van der Waals surface area contributed by atoms with Crippen molar-refractivity contribution < 1.29 is 14.4 Å². The molecule has 3 heteroatoms. The van der Waals surface area contributed by atoms with Crippen molar-refractivity contribution >= 4 is 17.3 Å². The molecule has 0 radical (unpaired) electrons. The standard InChI is InChI=1S/C19H22O3/c1-18-9-4-3-5-11(18)6-7-12-13(18)8-10-19(2)14(12)15(20)16(21)17(19)22/h6-7,11,13H,3-5,8-10H2,1-2H3/t11?,13-,18-,19-/m0/s1. The molecule has 0 spiro atoms. The average Bonchev–Trinajstić information content (AvgIpc) is 2.68. The normalized spacial score (nSPS) is 44.0. The summed E-state index contributed by atoms with van der Waals surface area (Å²) >= 11 is 0. The van der Waals surface area contributed by atoms with E-state index in [9.17, 15) is 14.4 Å². The topological polar surface area (TPSA) is 51.2 Å². The van der Waals surface area contributed by atoms with Gasteiger partial charge >= 0.3 is 0 Å². The van der Waals surface area contributed by atoms with Gasteiger partial charge < -0.3 is 0 Å². The van der Waals surface area contributed by atoms with Crippen molar-refractivity contribution in [2.45, 2.75) is 52.4 Å². The van der Waals surface area contributed by atoms with Crippen LogP contribution in [0.25, 0.3) is 0 Å². The third kappa shape index (κ3) is 1.50. The minimum absolute atomic E-state index is 0.186. The maximum Gasteiger partial charge on any atom is 0.269 e. The number of Topliss-reactive ketones (excluding diaryl/α,β-unsaturated/α-hetero) is 3. The van der Waals surface area contributed by atoms with Crippen molar-refractivity contribution in [2.24, 2.45) is 22.7 Å². The molecule has 0 amide bonds. The lowest BCUT2D eigenvalue weighted by Crippen LogP contribution is -2.44. The molecule has 3 nitrogen and oxygen atoms in total. The predicted octanol–water partition coefficient (Wildman–Crippen LogP) is 3.19. The van der Waals surface area contributed by atoms with Gasteiger partial charge in [-0.05, 0) is 55.4 Å². The monoisotopic (exact) mass is 298 g/mol. The fourth-order valence-corrected chi connectivity index (χ4v) is 5.52. The van der Waals surface area contributed by atoms with Crippen LogP contribution in [0, 0.1) is 22.7 Å². The van der Waals surface area contributed by atoms with E-state index in [1.165, 1.54) is 25.7 Å². The van der Waals surface area contributed by atoms with Crippen molar-refractivity contribution in [1.82, 2.24) is 0 Å². The molecule has 0 bridgehead atoms. The third-order valence-corrected chi connectivity index (χ3v) is 6.92. The molecule has 4 aliphatic rings. The van der Waals surface area contributed by atoms with E-state index in [1.54, 1.807) is 6.92 Å². The van der Waals surface area contributed by atoms with E-state index < -0.39 is 22.8 Å². The van der Waals surface area contributed by atoms with Gasteiger partial charge in [0, 0.05) is 5.57 Å². The fourth-order valence-electron chi connectivity index (χ4n) is 5.52. The van der Waals surface area contributed by atoms with Crippen molar-refractivity contribution in [3.8, 4) is 0 Å². The molecule has 4 atom stereocenters. The highest BCUT2D eigenvalue weighted by molar-refractivity contribution is 6.73. The Morgan fingerprint density at radius 3 is 2.55 bits per heavy atom. The van der Waals surface area contributed by atoms with Gasteiger partial charge in [-0.15, -0.1) is 0 Å². The maximum absolute atomic E-state index is 12.4. The predicted molar refractivity (Wildman–Crippen MR) is 82.1 cm³/mol. The van der Waals surface area contributed by atoms with E-state index in [1.807, 2.05) is 0 Å². The Bertz CT molecular complexity index is 668. The lowest BCUT2D eigenvalue weighted by Gasteiger charge is -2.52. The number of fused-ring (bicyclic) bond motifs is 4. The molecule has 4 aliphatic carbocycles. The zero-order chi connectivity index (χ0) is 15.7. The van der Waals surface area contributed by atoms with E-state index in [0.29, 0.717) is 23.8 Å². The highest BCUT2D eigenvalue weighted by Gasteiger charge is 2.59. The van der Waals surface area contributed by atoms with Crippen LogP contribution in [0.1, 0.15) is 52.4 Å². The summed E-state index contributed by atoms with van der Waals surface area (Å²) in [5.74, 6) is -0.913. The Labute approximate surface area is 130 Å². The molecule has 22 heavy (non-hydrogen) atoms. The van der Waals surface area contributed by atoms with Crippen molar-refractivity contribution in [1.29, 1.82) is 0 Å². The first kappa shape index (κ1) is 14.1. The maximum atomic E-state index is 12.4. The van der Waals surface area contributed by atoms with E-state index >= 15 is 0 Å². The lowest BCUT2D eigenvalue weighted by atomic mass is 9.52. The molecule has 2 saturated carbocycles. The number of carbonyl (C=O) groups is 3. The number of allylic oxidation sites excluding steroid dienone is 4. The van der Waals surface area contributed by atoms with Gasteiger partial charge in [0.2, 0.25) is 11.6 Å².